The third-order valence-corrected chi connectivity index (χ3v) is 7.68. The maximum absolute atomic E-state index is 15.0. The lowest BCUT2D eigenvalue weighted by molar-refractivity contribution is -0.138. The summed E-state index contributed by atoms with van der Waals surface area (Å²) in [6.07, 6.45) is -15.9. The van der Waals surface area contributed by atoms with Crippen LogP contribution in [0.25, 0.3) is 11.1 Å². The van der Waals surface area contributed by atoms with E-state index in [2.05, 4.69) is 4.98 Å². The zero-order valence-corrected chi connectivity index (χ0v) is 26.5. The Kier molecular flexibility index (Phi) is 5.86. The molecule has 1 aliphatic rings. The van der Waals surface area contributed by atoms with Crippen molar-refractivity contribution in [3.8, 4) is 11.1 Å². The topological polar surface area (TPSA) is 58.4 Å². The fourth-order valence-electron chi connectivity index (χ4n) is 4.31. The predicted molar refractivity (Wildman–Crippen MR) is 181 cm³/mol. The Hall–Kier alpha value is -3.96. The Morgan fingerprint density at radius 2 is 1.71 bits per heavy atom. The van der Waals surface area contributed by atoms with Crippen LogP contribution in [0.5, 0.6) is 0 Å². The molecular formula is C37H40F4N4O2S. The summed E-state index contributed by atoms with van der Waals surface area (Å²) in [5.74, 6) is -2.45. The van der Waals surface area contributed by atoms with Crippen LogP contribution in [0.1, 0.15) is 79.8 Å². The van der Waals surface area contributed by atoms with E-state index in [0.29, 0.717) is 4.57 Å². The van der Waals surface area contributed by atoms with Gasteiger partial charge < -0.3 is 14.4 Å². The maximum Gasteiger partial charge on any atom is 0.416 e. The van der Waals surface area contributed by atoms with E-state index in [0.717, 1.165) is 36.1 Å². The van der Waals surface area contributed by atoms with E-state index in [4.69, 9.17) is 23.3 Å². The van der Waals surface area contributed by atoms with Crippen molar-refractivity contribution in [1.29, 1.82) is 0 Å². The molecule has 1 heterocycles. The summed E-state index contributed by atoms with van der Waals surface area (Å²) >= 11 is -0.00140. The molecule has 0 fully saturated rings. The number of aromatic nitrogens is 2. The van der Waals surface area contributed by atoms with Crippen LogP contribution in [0.3, 0.4) is 0 Å². The number of thioether (sulfide) groups is 1. The number of nitrogens with zero attached hydrogens (tertiary/aromatic N) is 4. The lowest BCUT2D eigenvalue weighted by atomic mass is 9.98. The summed E-state index contributed by atoms with van der Waals surface area (Å²) in [5, 5.41) is -0.928. The molecule has 0 unspecified atom stereocenters. The second kappa shape index (κ2) is 15.5. The highest BCUT2D eigenvalue weighted by Gasteiger charge is 2.32. The first-order valence-electron chi connectivity index (χ1n) is 23.8. The molecule has 3 aromatic carbocycles. The molecule has 1 aromatic heterocycles. The van der Waals surface area contributed by atoms with Crippen molar-refractivity contribution in [1.82, 2.24) is 19.4 Å². The Labute approximate surface area is 309 Å². The first-order valence-corrected chi connectivity index (χ1v) is 15.2. The van der Waals surface area contributed by atoms with E-state index >= 15 is 0 Å². The van der Waals surface area contributed by atoms with Crippen LogP contribution in [-0.2, 0) is 42.5 Å². The van der Waals surface area contributed by atoms with Gasteiger partial charge in [-0.3, -0.25) is 9.59 Å². The first-order chi connectivity index (χ1) is 30.4. The van der Waals surface area contributed by atoms with Crippen LogP contribution in [0.2, 0.25) is 0 Å². The summed E-state index contributed by atoms with van der Waals surface area (Å²) in [6, 6.07) is -4.62. The Morgan fingerprint density at radius 1 is 1.02 bits per heavy atom. The van der Waals surface area contributed by atoms with E-state index < -0.39 is 161 Å². The van der Waals surface area contributed by atoms with Crippen molar-refractivity contribution in [3.63, 3.8) is 0 Å². The number of carbonyl (C=O) groups is 1. The molecule has 0 spiro atoms. The number of halogens is 4. The highest BCUT2D eigenvalue weighted by Crippen LogP contribution is 2.34. The van der Waals surface area contributed by atoms with Gasteiger partial charge >= 0.3 is 6.18 Å². The van der Waals surface area contributed by atoms with Gasteiger partial charge in [-0.2, -0.15) is 18.2 Å². The van der Waals surface area contributed by atoms with E-state index in [1.165, 1.54) is 13.8 Å². The van der Waals surface area contributed by atoms with Crippen molar-refractivity contribution in [3.05, 3.63) is 116 Å². The van der Waals surface area contributed by atoms with Gasteiger partial charge in [-0.15, -0.1) is 0 Å². The lowest BCUT2D eigenvalue weighted by Crippen LogP contribution is -2.40. The van der Waals surface area contributed by atoms with Crippen molar-refractivity contribution in [2.45, 2.75) is 70.0 Å². The third kappa shape index (κ3) is 8.54. The monoisotopic (exact) mass is 699 g/mol. The second-order valence-electron chi connectivity index (χ2n) is 10.1. The lowest BCUT2D eigenvalue weighted by Gasteiger charge is -2.28. The van der Waals surface area contributed by atoms with Crippen LogP contribution in [0.15, 0.2) is 76.5 Å². The number of carbonyl (C=O) groups excluding carboxylic acids is 1. The van der Waals surface area contributed by atoms with E-state index in [1.807, 2.05) is 0 Å². The summed E-state index contributed by atoms with van der Waals surface area (Å²) in [5.41, 5.74) is -12.3. The number of hydrogen-bond donors (Lipinski definition) is 0. The average Bonchev–Trinajstić information content (AvgIpc) is 3.31. The van der Waals surface area contributed by atoms with Crippen molar-refractivity contribution < 1.29 is 48.4 Å². The van der Waals surface area contributed by atoms with Gasteiger partial charge in [-0.25, -0.2) is 4.39 Å². The molecule has 0 saturated carbocycles. The van der Waals surface area contributed by atoms with Gasteiger partial charge in [0.2, 0.25) is 5.91 Å². The minimum absolute atomic E-state index is 0.00140. The number of fused-ring (bicyclic) bond motifs is 1. The fraction of sp³-hybridized carbons (Fsp3) is 0.378. The summed E-state index contributed by atoms with van der Waals surface area (Å²) in [6.45, 7) is -6.59. The second-order valence-corrected chi connectivity index (χ2v) is 10.8. The number of hydrogen-bond acceptors (Lipinski definition) is 5. The van der Waals surface area contributed by atoms with Gasteiger partial charge in [0.25, 0.3) is 5.56 Å². The molecule has 0 bridgehead atoms. The van der Waals surface area contributed by atoms with Crippen LogP contribution >= 0.6 is 11.8 Å². The van der Waals surface area contributed by atoms with Crippen LogP contribution in [0, 0.1) is 12.7 Å². The van der Waals surface area contributed by atoms with E-state index in [1.54, 1.807) is 0 Å². The molecule has 4 aromatic rings. The molecule has 0 saturated heterocycles. The summed E-state index contributed by atoms with van der Waals surface area (Å²) in [7, 11) is 0. The Bertz CT molecular complexity index is 2660. The zero-order valence-electron chi connectivity index (χ0n) is 44.7. The highest BCUT2D eigenvalue weighted by molar-refractivity contribution is 7.98. The molecule has 254 valence electrons. The minimum Gasteiger partial charge on any atom is -0.336 e. The van der Waals surface area contributed by atoms with Gasteiger partial charge in [0.05, 0.1) is 17.9 Å². The van der Waals surface area contributed by atoms with Crippen LogP contribution in [-0.4, -0.2) is 51.3 Å². The van der Waals surface area contributed by atoms with Gasteiger partial charge in [0.15, 0.2) is 5.16 Å². The Morgan fingerprint density at radius 3 is 2.38 bits per heavy atom. The summed E-state index contributed by atoms with van der Waals surface area (Å²) in [4.78, 5) is 33.2. The van der Waals surface area contributed by atoms with Crippen molar-refractivity contribution in [2.24, 2.45) is 0 Å². The van der Waals surface area contributed by atoms with Gasteiger partial charge in [-0.05, 0) is 85.1 Å². The average molecular weight is 700 g/mol. The van der Waals surface area contributed by atoms with Crippen molar-refractivity contribution in [2.75, 3.05) is 26.1 Å². The molecule has 0 radical (unpaired) electrons. The minimum atomic E-state index is -5.21. The molecule has 48 heavy (non-hydrogen) atoms. The first kappa shape index (κ1) is 18.2. The molecule has 1 aliphatic carbocycles. The number of rotatable bonds is 13. The molecule has 0 atom stereocenters. The molecular weight excluding hydrogens is 640 g/mol. The molecule has 0 aliphatic heterocycles. The zero-order chi connectivity index (χ0) is 51.3. The van der Waals surface area contributed by atoms with Crippen LogP contribution in [0.4, 0.5) is 17.6 Å². The Balaban J connectivity index is 1.81. The maximum atomic E-state index is 15.0. The SMILES string of the molecule is [2H]c1c([2H])c(-c2c([2H])c([2H])c(C(F)(F)F)c(C)c2[2H])c([2H])c([2H])c1CN(C(=O)Cn1c(SC([2H])([2H])c2ccc(F)cc2)nc(=O)c2c1C([2H])([2H])C([2H])([2H])C2([2H])[2H])C([2H])([2H])C([2H])([2H])N(CC)CC. The molecule has 1 amide bonds. The normalized spacial score (nSPS) is 22.6. The smallest absolute Gasteiger partial charge is 0.336 e. The fourth-order valence-corrected chi connectivity index (χ4v) is 5.05. The van der Waals surface area contributed by atoms with E-state index in [-0.39, 0.29) is 35.3 Å². The van der Waals surface area contributed by atoms with Gasteiger partial charge in [0.1, 0.15) is 12.4 Å². The quantitative estimate of drug-likeness (QED) is 0.0821. The standard InChI is InChI=1S/C37H40F4N4O2S/c1-4-43(5-2)19-20-44(22-26-9-13-28(14-10-26)29-15-18-32(25(3)21-29)37(39,40)41)34(46)23-45-33-8-6-7-31(33)35(47)42-36(45)48-24-27-11-16-30(38)17-12-27/h9-18,21H,4-8,19-20,22-24H2,1-3H3/i6D2,7D2,8D2,9D,10D,13D,14D,15D,18D,19D2,20D2,21D,24D2. The highest BCUT2D eigenvalue weighted by atomic mass is 32.2. The summed E-state index contributed by atoms with van der Waals surface area (Å²) < 4.78 is 222. The molecule has 6 nitrogen and oxygen atoms in total. The third-order valence-electron chi connectivity index (χ3n) is 6.85. The van der Waals surface area contributed by atoms with Crippen molar-refractivity contribution >= 4 is 17.7 Å². The van der Waals surface area contributed by atoms with Crippen LogP contribution < -0.4 is 5.56 Å². The number of amides is 1. The van der Waals surface area contributed by atoms with Gasteiger partial charge in [0, 0.05) is 50.2 Å². The van der Waals surface area contributed by atoms with Gasteiger partial charge in [-0.1, -0.05) is 74.0 Å². The molecule has 0 N–H and O–H groups in total. The number of likely N-dealkylation sites (N-methyl/N-ethyl adjacent to an activating group) is 1. The largest absolute Gasteiger partial charge is 0.416 e. The predicted octanol–water partition coefficient (Wildman–Crippen LogP) is 7.53. The van der Waals surface area contributed by atoms with E-state index in [9.17, 15) is 29.9 Å². The molecule has 11 heteroatoms. The number of benzene rings is 3. The molecule has 5 rings (SSSR count). The number of alkyl halides is 3.